The minimum atomic E-state index is 1.06. The van der Waals surface area contributed by atoms with Gasteiger partial charge >= 0.3 is 0 Å². The zero-order valence-corrected chi connectivity index (χ0v) is 29.6. The second kappa shape index (κ2) is 24.6. The molecule has 7 rings (SSSR count). The van der Waals surface area contributed by atoms with Gasteiger partial charge in [-0.1, -0.05) is 5.16 Å². The van der Waals surface area contributed by atoms with Crippen LogP contribution in [-0.4, -0.2) is 28.9 Å². The number of rotatable bonds is 0. The maximum absolute atomic E-state index is 4.46. The van der Waals surface area contributed by atoms with Crippen molar-refractivity contribution in [1.29, 1.82) is 0 Å². The monoisotopic (exact) mass is 676 g/mol. The predicted octanol–water partition coefficient (Wildman–Crippen LogP) is 10.3. The van der Waals surface area contributed by atoms with E-state index in [2.05, 4.69) is 57.1 Å². The second-order valence-electron chi connectivity index (χ2n) is 8.06. The Labute approximate surface area is 273 Å². The Morgan fingerprint density at radius 3 is 1.67 bits per heavy atom. The molecule has 0 aliphatic rings. The third-order valence-electron chi connectivity index (χ3n) is 4.02. The van der Waals surface area contributed by atoms with E-state index >= 15 is 0 Å². The summed E-state index contributed by atoms with van der Waals surface area (Å²) in [5.74, 6) is 0. The lowest BCUT2D eigenvalue weighted by molar-refractivity contribution is 0.419. The summed E-state index contributed by atoms with van der Waals surface area (Å²) >= 11 is 9.72. The van der Waals surface area contributed by atoms with Gasteiger partial charge in [0.15, 0.2) is 0 Å². The van der Waals surface area contributed by atoms with Gasteiger partial charge in [-0.2, -0.15) is 15.7 Å². The molecule has 7 nitrogen and oxygen atoms in total. The van der Waals surface area contributed by atoms with E-state index < -0.39 is 0 Å². The van der Waals surface area contributed by atoms with Crippen LogP contribution in [0.2, 0.25) is 0 Å². The Morgan fingerprint density at radius 2 is 1.50 bits per heavy atom. The van der Waals surface area contributed by atoms with Crippen LogP contribution < -0.4 is 0 Å². The third-order valence-corrected chi connectivity index (χ3v) is 8.24. The molecule has 7 aromatic rings. The molecule has 0 aromatic carbocycles. The minimum Gasteiger partial charge on any atom is -0.365 e. The molecule has 42 heavy (non-hydrogen) atoms. The number of hydrogen-bond donors (Lipinski definition) is 0. The lowest BCUT2D eigenvalue weighted by atomic mass is 10.4. The van der Waals surface area contributed by atoms with Crippen molar-refractivity contribution >= 4 is 68.4 Å². The van der Waals surface area contributed by atoms with Gasteiger partial charge in [-0.05, 0) is 106 Å². The van der Waals surface area contributed by atoms with Crippen molar-refractivity contribution in [3.05, 3.63) is 124 Å². The topological polar surface area (TPSA) is 90.5 Å². The van der Waals surface area contributed by atoms with Crippen molar-refractivity contribution in [2.45, 2.75) is 48.5 Å². The molecule has 7 heterocycles. The average molecular weight is 677 g/mol. The van der Waals surface area contributed by atoms with Crippen molar-refractivity contribution < 1.29 is 4.52 Å². The minimum absolute atomic E-state index is 1.06. The number of aromatic nitrogens is 6. The molecule has 0 amide bonds. The summed E-state index contributed by atoms with van der Waals surface area (Å²) < 4.78 is 12.3. The highest BCUT2D eigenvalue weighted by Gasteiger charge is 1.79. The van der Waals surface area contributed by atoms with Gasteiger partial charge in [-0.3, -0.25) is 15.0 Å². The molecule has 0 saturated heterocycles. The summed E-state index contributed by atoms with van der Waals surface area (Å²) in [5.41, 5.74) is 8.31. The van der Waals surface area contributed by atoms with E-state index in [1.54, 1.807) is 70.2 Å². The lowest BCUT2D eigenvalue weighted by Crippen LogP contribution is -1.59. The van der Waals surface area contributed by atoms with Gasteiger partial charge in [0.25, 0.3) is 0 Å². The van der Waals surface area contributed by atoms with Crippen LogP contribution in [0.1, 0.15) is 37.3 Å². The van der Waals surface area contributed by atoms with Gasteiger partial charge in [-0.25, -0.2) is 4.37 Å². The normalized spacial score (nSPS) is 8.83. The molecule has 0 bridgehead atoms. The lowest BCUT2D eigenvalue weighted by Gasteiger charge is -1.65. The highest BCUT2D eigenvalue weighted by atomic mass is 32.1. The number of nitrogens with zero attached hydrogens (tertiary/aromatic N) is 6. The zero-order valence-electron chi connectivity index (χ0n) is 24.7. The first-order chi connectivity index (χ1) is 20.3. The van der Waals surface area contributed by atoms with E-state index in [1.165, 1.54) is 38.4 Å². The Kier molecular flexibility index (Phi) is 21.8. The fourth-order valence-electron chi connectivity index (χ4n) is 1.99. The molecule has 0 atom stereocenters. The Hall–Kier alpha value is -2.94. The first-order valence-electron chi connectivity index (χ1n) is 12.4. The van der Waals surface area contributed by atoms with Crippen molar-refractivity contribution in [1.82, 2.24) is 28.9 Å². The van der Waals surface area contributed by atoms with Crippen molar-refractivity contribution in [2.24, 2.45) is 0 Å². The summed E-state index contributed by atoms with van der Waals surface area (Å²) in [5, 5.41) is 14.7. The number of aryl methyl sites for hydroxylation is 7. The molecular weight excluding hydrogens is 641 g/mol. The quantitative estimate of drug-likeness (QED) is 0.158. The molecule has 0 fully saturated rings. The first-order valence-corrected chi connectivity index (χ1v) is 17.7. The van der Waals surface area contributed by atoms with Gasteiger partial charge in [0, 0.05) is 55.7 Å². The molecule has 0 saturated carbocycles. The molecule has 0 aliphatic heterocycles. The number of thiophene rings is 1. The van der Waals surface area contributed by atoms with Crippen LogP contribution >= 0.6 is 68.4 Å². The highest BCUT2D eigenvalue weighted by Crippen LogP contribution is 2.02. The summed E-state index contributed by atoms with van der Waals surface area (Å²) in [4.78, 5) is 14.3. The van der Waals surface area contributed by atoms with Gasteiger partial charge in [0.05, 0.1) is 27.9 Å². The van der Waals surface area contributed by atoms with Crippen LogP contribution in [0.25, 0.3) is 0 Å². The first kappa shape index (κ1) is 37.1. The standard InChI is InChI=1S/C5H6S.C4H5NO.5C4H5NS/c1-5-2-3-6-4-5;1-4-2-5-6-3-4;1-4-2-6-3-5-4;1-4-2-5-3-6-4;1-4-5-2-3-6-4;1-4-2-3-6-5-4;1-4-2-3-5-6-4/h2-4H,1H3;6*2-3H,1H3. The van der Waals surface area contributed by atoms with E-state index in [4.69, 9.17) is 0 Å². The van der Waals surface area contributed by atoms with Crippen LogP contribution in [0.5, 0.6) is 0 Å². The molecule has 224 valence electrons. The van der Waals surface area contributed by atoms with Crippen LogP contribution in [0, 0.1) is 48.5 Å². The van der Waals surface area contributed by atoms with Crippen LogP contribution in [0.3, 0.4) is 0 Å². The molecule has 0 N–H and O–H groups in total. The van der Waals surface area contributed by atoms with Crippen molar-refractivity contribution in [2.75, 3.05) is 0 Å². The van der Waals surface area contributed by atoms with E-state index in [9.17, 15) is 0 Å². The van der Waals surface area contributed by atoms with E-state index in [0.29, 0.717) is 0 Å². The molecule has 7 aromatic heterocycles. The van der Waals surface area contributed by atoms with Gasteiger partial charge in [-0.15, -0.1) is 34.0 Å². The van der Waals surface area contributed by atoms with Crippen molar-refractivity contribution in [3.63, 3.8) is 0 Å². The fraction of sp³-hybridized carbons (Fsp3) is 0.241. The van der Waals surface area contributed by atoms with Crippen LogP contribution in [0.15, 0.2) is 91.7 Å². The van der Waals surface area contributed by atoms with E-state index in [0.717, 1.165) is 22.0 Å². The molecule has 0 aliphatic carbocycles. The Balaban J connectivity index is 0.000000245. The van der Waals surface area contributed by atoms with Crippen molar-refractivity contribution in [3.8, 4) is 0 Å². The number of hydrogen-bond acceptors (Lipinski definition) is 13. The summed E-state index contributed by atoms with van der Waals surface area (Å²) in [6.45, 7) is 14.1. The summed E-state index contributed by atoms with van der Waals surface area (Å²) in [6, 6.07) is 6.08. The molecular formula is C29H36N6OS6. The van der Waals surface area contributed by atoms with Crippen LogP contribution in [0.4, 0.5) is 0 Å². The van der Waals surface area contributed by atoms with Gasteiger partial charge in [0.1, 0.15) is 6.26 Å². The van der Waals surface area contributed by atoms with Gasteiger partial charge in [0.2, 0.25) is 0 Å². The largest absolute Gasteiger partial charge is 0.365 e. The Morgan fingerprint density at radius 1 is 0.667 bits per heavy atom. The maximum Gasteiger partial charge on any atom is 0.126 e. The second-order valence-corrected chi connectivity index (χ2v) is 13.5. The summed E-state index contributed by atoms with van der Waals surface area (Å²) in [6.07, 6.45) is 8.73. The SMILES string of the molecule is Cc1ccns1.Cc1ccsc1.Cc1ccsn1.Cc1cncs1.Cc1cnoc1.Cc1cscn1.Cc1nccs1. The predicted molar refractivity (Wildman–Crippen MR) is 185 cm³/mol. The summed E-state index contributed by atoms with van der Waals surface area (Å²) in [7, 11) is 0. The van der Waals surface area contributed by atoms with E-state index in [-0.39, 0.29) is 0 Å². The molecule has 0 radical (unpaired) electrons. The number of thiazole rings is 3. The fourth-order valence-corrected chi connectivity index (χ4v) is 5.01. The maximum atomic E-state index is 4.46. The molecule has 0 spiro atoms. The third kappa shape index (κ3) is 22.7. The molecule has 0 unspecified atom stereocenters. The highest BCUT2D eigenvalue weighted by molar-refractivity contribution is 7.09. The zero-order chi connectivity index (χ0) is 30.8. The van der Waals surface area contributed by atoms with E-state index in [1.807, 2.05) is 87.0 Å². The van der Waals surface area contributed by atoms with Gasteiger partial charge < -0.3 is 4.52 Å². The Bertz CT molecular complexity index is 1100. The smallest absolute Gasteiger partial charge is 0.126 e. The average Bonchev–Trinajstić information content (AvgIpc) is 3.79. The molecule has 13 heteroatoms. The van der Waals surface area contributed by atoms with Crippen LogP contribution in [-0.2, 0) is 0 Å².